The molecule has 0 N–H and O–H groups in total. The summed E-state index contributed by atoms with van der Waals surface area (Å²) < 4.78 is 0. The highest BCUT2D eigenvalue weighted by atomic mass is 14.4. The normalized spacial score (nSPS) is 15.9. The Labute approximate surface area is 149 Å². The van der Waals surface area contributed by atoms with Crippen molar-refractivity contribution in [3.8, 4) is 0 Å². The Hall–Kier alpha value is 0. The first kappa shape index (κ1) is 23.0. The Kier molecular flexibility index (Phi) is 10.8. The van der Waals surface area contributed by atoms with Crippen LogP contribution >= 0.6 is 0 Å². The quantitative estimate of drug-likeness (QED) is 0.337. The molecule has 0 rings (SSSR count). The zero-order chi connectivity index (χ0) is 18.1. The molecule has 0 aromatic heterocycles. The molecule has 0 fully saturated rings. The monoisotopic (exact) mass is 324 g/mol. The Balaban J connectivity index is 3.74. The van der Waals surface area contributed by atoms with E-state index >= 15 is 0 Å². The lowest BCUT2D eigenvalue weighted by Gasteiger charge is -2.39. The third-order valence-corrected chi connectivity index (χ3v) is 6.40. The predicted molar refractivity (Wildman–Crippen MR) is 108 cm³/mol. The average Bonchev–Trinajstić information content (AvgIpc) is 2.36. The molecule has 0 radical (unpaired) electrons. The Morgan fingerprint density at radius 3 is 1.35 bits per heavy atom. The SMILES string of the molecule is CC(C)CCCC(C)CCCC(C)CCCC(C)(C)C(C)(C)C. The van der Waals surface area contributed by atoms with Gasteiger partial charge < -0.3 is 0 Å². The van der Waals surface area contributed by atoms with Gasteiger partial charge in [0, 0.05) is 0 Å². The van der Waals surface area contributed by atoms with Crippen LogP contribution in [0.3, 0.4) is 0 Å². The summed E-state index contributed by atoms with van der Waals surface area (Å²) in [6, 6.07) is 0. The fraction of sp³-hybridized carbons (Fsp3) is 1.00. The largest absolute Gasteiger partial charge is 0.0628 e. The molecular formula is C23H48. The Bertz CT molecular complexity index is 279. The molecule has 0 saturated heterocycles. The predicted octanol–water partition coefficient (Wildman–Crippen LogP) is 8.50. The van der Waals surface area contributed by atoms with Gasteiger partial charge in [-0.2, -0.15) is 0 Å². The first-order valence-electron chi connectivity index (χ1n) is 10.5. The summed E-state index contributed by atoms with van der Waals surface area (Å²) in [5.41, 5.74) is 0.874. The smallest absolute Gasteiger partial charge is 0.0306 e. The van der Waals surface area contributed by atoms with Crippen molar-refractivity contribution in [2.75, 3.05) is 0 Å². The lowest BCUT2D eigenvalue weighted by atomic mass is 9.66. The molecule has 0 nitrogen and oxygen atoms in total. The second kappa shape index (κ2) is 10.8. The Morgan fingerprint density at radius 1 is 0.565 bits per heavy atom. The fourth-order valence-electron chi connectivity index (χ4n) is 3.25. The van der Waals surface area contributed by atoms with Crippen molar-refractivity contribution in [3.05, 3.63) is 0 Å². The molecule has 140 valence electrons. The highest BCUT2D eigenvalue weighted by Gasteiger charge is 2.31. The highest BCUT2D eigenvalue weighted by Crippen LogP contribution is 2.42. The van der Waals surface area contributed by atoms with Crippen LogP contribution in [0.25, 0.3) is 0 Å². The van der Waals surface area contributed by atoms with Crippen molar-refractivity contribution in [1.29, 1.82) is 0 Å². The van der Waals surface area contributed by atoms with Crippen LogP contribution in [0.5, 0.6) is 0 Å². The van der Waals surface area contributed by atoms with Crippen LogP contribution in [-0.2, 0) is 0 Å². The summed E-state index contributed by atoms with van der Waals surface area (Å²) in [6.07, 6.45) is 12.8. The van der Waals surface area contributed by atoms with Gasteiger partial charge in [0.15, 0.2) is 0 Å². The maximum atomic E-state index is 2.47. The van der Waals surface area contributed by atoms with Gasteiger partial charge in [-0.15, -0.1) is 0 Å². The summed E-state index contributed by atoms with van der Waals surface area (Å²) in [4.78, 5) is 0. The van der Waals surface area contributed by atoms with E-state index in [1.165, 1.54) is 57.8 Å². The maximum Gasteiger partial charge on any atom is -0.0306 e. The number of hydrogen-bond acceptors (Lipinski definition) is 0. The molecular weight excluding hydrogens is 276 g/mol. The molecule has 0 aromatic rings. The lowest BCUT2D eigenvalue weighted by molar-refractivity contribution is 0.114. The van der Waals surface area contributed by atoms with Crippen LogP contribution in [0.2, 0.25) is 0 Å². The summed E-state index contributed by atoms with van der Waals surface area (Å²) in [7, 11) is 0. The molecule has 0 saturated carbocycles. The fourth-order valence-corrected chi connectivity index (χ4v) is 3.25. The molecule has 0 aliphatic rings. The topological polar surface area (TPSA) is 0 Å². The summed E-state index contributed by atoms with van der Waals surface area (Å²) in [5, 5.41) is 0. The van der Waals surface area contributed by atoms with Crippen molar-refractivity contribution in [2.45, 2.75) is 120 Å². The van der Waals surface area contributed by atoms with Crippen LogP contribution in [0, 0.1) is 28.6 Å². The molecule has 2 unspecified atom stereocenters. The third-order valence-electron chi connectivity index (χ3n) is 6.40. The zero-order valence-corrected chi connectivity index (χ0v) is 18.1. The third kappa shape index (κ3) is 11.2. The second-order valence-electron chi connectivity index (χ2n) is 10.5. The second-order valence-corrected chi connectivity index (χ2v) is 10.5. The number of rotatable bonds is 12. The minimum Gasteiger partial charge on any atom is -0.0628 e. The van der Waals surface area contributed by atoms with Gasteiger partial charge in [-0.1, -0.05) is 114 Å². The number of hydrogen-bond donors (Lipinski definition) is 0. The maximum absolute atomic E-state index is 2.47. The molecule has 0 amide bonds. The molecule has 0 aliphatic carbocycles. The van der Waals surface area contributed by atoms with Gasteiger partial charge in [0.25, 0.3) is 0 Å². The molecule has 0 aliphatic heterocycles. The summed E-state index contributed by atoms with van der Waals surface area (Å²) in [6.45, 7) is 21.6. The lowest BCUT2D eigenvalue weighted by Crippen LogP contribution is -2.29. The molecule has 0 spiro atoms. The highest BCUT2D eigenvalue weighted by molar-refractivity contribution is 4.82. The van der Waals surface area contributed by atoms with Gasteiger partial charge in [0.1, 0.15) is 0 Å². The first-order chi connectivity index (χ1) is 10.5. The first-order valence-corrected chi connectivity index (χ1v) is 10.5. The summed E-state index contributed by atoms with van der Waals surface area (Å²) in [5.74, 6) is 2.72. The van der Waals surface area contributed by atoms with Crippen LogP contribution in [-0.4, -0.2) is 0 Å². The van der Waals surface area contributed by atoms with E-state index in [9.17, 15) is 0 Å². The standard InChI is InChI=1S/C23H48/c1-19(2)13-10-14-20(3)15-11-16-21(4)17-12-18-23(8,9)22(5,6)7/h19-21H,10-18H2,1-9H3. The molecule has 0 heteroatoms. The molecule has 0 heterocycles. The van der Waals surface area contributed by atoms with Gasteiger partial charge in [0.2, 0.25) is 0 Å². The van der Waals surface area contributed by atoms with Gasteiger partial charge in [-0.05, 0) is 35.0 Å². The molecule has 2 atom stereocenters. The van der Waals surface area contributed by atoms with E-state index in [2.05, 4.69) is 62.3 Å². The van der Waals surface area contributed by atoms with Crippen molar-refractivity contribution in [1.82, 2.24) is 0 Å². The molecule has 0 bridgehead atoms. The minimum atomic E-state index is 0.418. The van der Waals surface area contributed by atoms with Crippen molar-refractivity contribution in [2.24, 2.45) is 28.6 Å². The van der Waals surface area contributed by atoms with Crippen molar-refractivity contribution < 1.29 is 0 Å². The van der Waals surface area contributed by atoms with Crippen molar-refractivity contribution >= 4 is 0 Å². The average molecular weight is 325 g/mol. The van der Waals surface area contributed by atoms with Crippen LogP contribution in [0.4, 0.5) is 0 Å². The van der Waals surface area contributed by atoms with E-state index in [1.54, 1.807) is 0 Å². The summed E-state index contributed by atoms with van der Waals surface area (Å²) >= 11 is 0. The van der Waals surface area contributed by atoms with E-state index in [4.69, 9.17) is 0 Å². The zero-order valence-electron chi connectivity index (χ0n) is 18.1. The minimum absolute atomic E-state index is 0.418. The van der Waals surface area contributed by atoms with Crippen molar-refractivity contribution in [3.63, 3.8) is 0 Å². The van der Waals surface area contributed by atoms with Gasteiger partial charge >= 0.3 is 0 Å². The van der Waals surface area contributed by atoms with Crippen LogP contribution < -0.4 is 0 Å². The van der Waals surface area contributed by atoms with E-state index < -0.39 is 0 Å². The van der Waals surface area contributed by atoms with Gasteiger partial charge in [-0.25, -0.2) is 0 Å². The van der Waals surface area contributed by atoms with E-state index in [1.807, 2.05) is 0 Å². The van der Waals surface area contributed by atoms with Crippen LogP contribution in [0.15, 0.2) is 0 Å². The van der Waals surface area contributed by atoms with Gasteiger partial charge in [0.05, 0.1) is 0 Å². The van der Waals surface area contributed by atoms with Crippen LogP contribution in [0.1, 0.15) is 120 Å². The Morgan fingerprint density at radius 2 is 0.957 bits per heavy atom. The van der Waals surface area contributed by atoms with E-state index in [-0.39, 0.29) is 0 Å². The molecule has 23 heavy (non-hydrogen) atoms. The van der Waals surface area contributed by atoms with Gasteiger partial charge in [-0.3, -0.25) is 0 Å². The molecule has 0 aromatic carbocycles. The van der Waals surface area contributed by atoms with E-state index in [0.717, 1.165) is 17.8 Å². The van der Waals surface area contributed by atoms with E-state index in [0.29, 0.717) is 10.8 Å².